The minimum atomic E-state index is -0.285. The number of hydrogen-bond acceptors (Lipinski definition) is 6. The number of aryl methyl sites for hydroxylation is 1. The third kappa shape index (κ3) is 5.74. The molecule has 1 aliphatic heterocycles. The van der Waals surface area contributed by atoms with Gasteiger partial charge in [0.2, 0.25) is 5.91 Å². The van der Waals surface area contributed by atoms with E-state index in [0.29, 0.717) is 12.2 Å². The quantitative estimate of drug-likeness (QED) is 0.178. The van der Waals surface area contributed by atoms with Gasteiger partial charge in [0, 0.05) is 34.7 Å². The van der Waals surface area contributed by atoms with Gasteiger partial charge < -0.3 is 10.1 Å². The van der Waals surface area contributed by atoms with E-state index < -0.39 is 0 Å². The SMILES string of the molecule is Cc1cc2c(cnn2C2CCCCO2)cc1-c1cc(N=C(c2ccccc2)c2ccccc2)c2cnc(NC(=O)C3C[C@H]3C#N)cc2c1. The predicted molar refractivity (Wildman–Crippen MR) is 188 cm³/mol. The van der Waals surface area contributed by atoms with Crippen LogP contribution in [0.3, 0.4) is 0 Å². The lowest BCUT2D eigenvalue weighted by Gasteiger charge is -2.23. The van der Waals surface area contributed by atoms with Gasteiger partial charge in [-0.25, -0.2) is 14.7 Å². The summed E-state index contributed by atoms with van der Waals surface area (Å²) in [7, 11) is 0. The van der Waals surface area contributed by atoms with Gasteiger partial charge in [0.1, 0.15) is 5.82 Å². The van der Waals surface area contributed by atoms with Crippen molar-refractivity contribution in [2.45, 2.75) is 38.8 Å². The summed E-state index contributed by atoms with van der Waals surface area (Å²) in [5, 5.41) is 19.7. The number of anilines is 1. The maximum absolute atomic E-state index is 12.8. The molecule has 2 unspecified atom stereocenters. The molecule has 8 nitrogen and oxygen atoms in total. The molecule has 8 rings (SSSR count). The highest BCUT2D eigenvalue weighted by molar-refractivity contribution is 6.15. The van der Waals surface area contributed by atoms with Crippen molar-refractivity contribution in [3.63, 3.8) is 0 Å². The van der Waals surface area contributed by atoms with E-state index in [2.05, 4.69) is 71.8 Å². The second kappa shape index (κ2) is 12.5. The van der Waals surface area contributed by atoms with Gasteiger partial charge in [-0.15, -0.1) is 0 Å². The maximum atomic E-state index is 12.8. The minimum Gasteiger partial charge on any atom is -0.356 e. The van der Waals surface area contributed by atoms with Crippen LogP contribution >= 0.6 is 0 Å². The van der Waals surface area contributed by atoms with Gasteiger partial charge in [-0.05, 0) is 85.0 Å². The first-order chi connectivity index (χ1) is 23.6. The summed E-state index contributed by atoms with van der Waals surface area (Å²) < 4.78 is 8.08. The average Bonchev–Trinajstić information content (AvgIpc) is 3.82. The number of carbonyl (C=O) groups is 1. The van der Waals surface area contributed by atoms with Gasteiger partial charge >= 0.3 is 0 Å². The van der Waals surface area contributed by atoms with Crippen molar-refractivity contribution < 1.29 is 9.53 Å². The number of pyridine rings is 1. The molecule has 2 aromatic heterocycles. The van der Waals surface area contributed by atoms with Crippen LogP contribution in [0.4, 0.5) is 11.5 Å². The molecule has 48 heavy (non-hydrogen) atoms. The van der Waals surface area contributed by atoms with Crippen molar-refractivity contribution >= 4 is 44.8 Å². The number of nitriles is 1. The fourth-order valence-electron chi connectivity index (χ4n) is 6.66. The monoisotopic (exact) mass is 630 g/mol. The van der Waals surface area contributed by atoms with Gasteiger partial charge in [-0.3, -0.25) is 4.79 Å². The molecule has 0 spiro atoms. The Balaban J connectivity index is 1.28. The van der Waals surface area contributed by atoms with Crippen LogP contribution in [0.25, 0.3) is 32.8 Å². The largest absolute Gasteiger partial charge is 0.356 e. The number of fused-ring (bicyclic) bond motifs is 2. The Labute approximate surface area is 278 Å². The lowest BCUT2D eigenvalue weighted by Crippen LogP contribution is -2.18. The van der Waals surface area contributed by atoms with Crippen molar-refractivity contribution in [2.75, 3.05) is 11.9 Å². The van der Waals surface area contributed by atoms with Crippen molar-refractivity contribution in [3.8, 4) is 17.2 Å². The molecule has 3 heterocycles. The summed E-state index contributed by atoms with van der Waals surface area (Å²) in [6.45, 7) is 2.88. The Bertz CT molecular complexity index is 2190. The summed E-state index contributed by atoms with van der Waals surface area (Å²) in [6, 6.07) is 33.1. The standard InChI is InChI=1S/C40H34N6O2/c1-25-16-36-31(23-43-46(36)38-14-8-9-15-48-38)19-32(25)28-17-29-21-37(45-40(47)33-18-30(33)22-41)42-24-34(29)35(20-28)44-39(26-10-4-2-5-11-26)27-12-6-3-7-13-27/h2-7,10-13,16-17,19-21,23-24,30,33,38H,8-9,14-15,18H2,1H3,(H,42,45,47)/t30-,33?,38?/m0/s1. The molecule has 236 valence electrons. The van der Waals surface area contributed by atoms with Gasteiger partial charge in [0.15, 0.2) is 6.23 Å². The number of carbonyl (C=O) groups excluding carboxylic acids is 1. The molecule has 4 aromatic carbocycles. The van der Waals surface area contributed by atoms with E-state index >= 15 is 0 Å². The van der Waals surface area contributed by atoms with Gasteiger partial charge in [0.05, 0.1) is 41.0 Å². The third-order valence-corrected chi connectivity index (χ3v) is 9.37. The van der Waals surface area contributed by atoms with Crippen molar-refractivity contribution in [3.05, 3.63) is 120 Å². The number of nitrogens with zero attached hydrogens (tertiary/aromatic N) is 5. The molecular formula is C40H34N6O2. The lowest BCUT2D eigenvalue weighted by molar-refractivity contribution is -0.117. The van der Waals surface area contributed by atoms with Crippen LogP contribution < -0.4 is 5.32 Å². The van der Waals surface area contributed by atoms with Crippen molar-refractivity contribution in [2.24, 2.45) is 16.8 Å². The molecule has 3 atom stereocenters. The van der Waals surface area contributed by atoms with Crippen LogP contribution in [-0.2, 0) is 9.53 Å². The fourth-order valence-corrected chi connectivity index (χ4v) is 6.66. The minimum absolute atomic E-state index is 0.0438. The van der Waals surface area contributed by atoms with Crippen LogP contribution in [0.5, 0.6) is 0 Å². The highest BCUT2D eigenvalue weighted by Crippen LogP contribution is 2.40. The molecule has 8 heteroatoms. The van der Waals surface area contributed by atoms with Gasteiger partial charge in [-0.2, -0.15) is 10.4 Å². The summed E-state index contributed by atoms with van der Waals surface area (Å²) in [5.41, 5.74) is 7.87. The smallest absolute Gasteiger partial charge is 0.230 e. The highest BCUT2D eigenvalue weighted by Gasteiger charge is 2.43. The van der Waals surface area contributed by atoms with Crippen LogP contribution in [-0.4, -0.2) is 33.0 Å². The van der Waals surface area contributed by atoms with E-state index in [1.165, 1.54) is 0 Å². The molecule has 0 bridgehead atoms. The van der Waals surface area contributed by atoms with E-state index in [-0.39, 0.29) is 24.0 Å². The van der Waals surface area contributed by atoms with Crippen LogP contribution in [0.2, 0.25) is 0 Å². The summed E-state index contributed by atoms with van der Waals surface area (Å²) in [5.74, 6) is -0.221. The maximum Gasteiger partial charge on any atom is 0.230 e. The second-order valence-electron chi connectivity index (χ2n) is 12.7. The summed E-state index contributed by atoms with van der Waals surface area (Å²) in [4.78, 5) is 22.8. The third-order valence-electron chi connectivity index (χ3n) is 9.37. The zero-order chi connectivity index (χ0) is 32.6. The highest BCUT2D eigenvalue weighted by atomic mass is 16.5. The zero-order valence-corrected chi connectivity index (χ0v) is 26.6. The molecule has 1 aliphatic carbocycles. The molecule has 2 aliphatic rings. The molecule has 6 aromatic rings. The Morgan fingerprint density at radius 3 is 2.42 bits per heavy atom. The molecule has 1 saturated heterocycles. The number of hydrogen-bond donors (Lipinski definition) is 1. The van der Waals surface area contributed by atoms with Crippen LogP contribution in [0.15, 0.2) is 108 Å². The van der Waals surface area contributed by atoms with Gasteiger partial charge in [0.25, 0.3) is 0 Å². The topological polar surface area (TPSA) is 105 Å². The lowest BCUT2D eigenvalue weighted by atomic mass is 9.95. The van der Waals surface area contributed by atoms with E-state index in [4.69, 9.17) is 14.8 Å². The molecule has 1 N–H and O–H groups in total. The summed E-state index contributed by atoms with van der Waals surface area (Å²) >= 11 is 0. The zero-order valence-electron chi connectivity index (χ0n) is 26.6. The first-order valence-corrected chi connectivity index (χ1v) is 16.5. The fraction of sp³-hybridized carbons (Fsp3) is 0.225. The average molecular weight is 631 g/mol. The second-order valence-corrected chi connectivity index (χ2v) is 12.7. The molecular weight excluding hydrogens is 596 g/mol. The van der Waals surface area contributed by atoms with Crippen LogP contribution in [0.1, 0.15) is 48.6 Å². The number of aromatic nitrogens is 3. The number of benzene rings is 4. The molecule has 1 saturated carbocycles. The Hall–Kier alpha value is -5.65. The predicted octanol–water partition coefficient (Wildman–Crippen LogP) is 8.53. The number of amides is 1. The van der Waals surface area contributed by atoms with Gasteiger partial charge in [-0.1, -0.05) is 60.7 Å². The van der Waals surface area contributed by atoms with E-state index in [1.807, 2.05) is 53.3 Å². The normalized spacial score (nSPS) is 18.7. The molecule has 2 fully saturated rings. The Kier molecular flexibility index (Phi) is 7.75. The van der Waals surface area contributed by atoms with Crippen LogP contribution in [0, 0.1) is 30.1 Å². The number of aliphatic imine (C=N–C) groups is 1. The van der Waals surface area contributed by atoms with Crippen molar-refractivity contribution in [1.29, 1.82) is 5.26 Å². The number of ether oxygens (including phenoxy) is 1. The van der Waals surface area contributed by atoms with E-state index in [9.17, 15) is 10.1 Å². The Morgan fingerprint density at radius 1 is 0.958 bits per heavy atom. The first kappa shape index (κ1) is 29.7. The van der Waals surface area contributed by atoms with E-state index in [1.54, 1.807) is 6.20 Å². The number of nitrogens with one attached hydrogen (secondary N) is 1. The molecule has 0 radical (unpaired) electrons. The van der Waals surface area contributed by atoms with E-state index in [0.717, 1.165) is 86.8 Å². The first-order valence-electron chi connectivity index (χ1n) is 16.5. The summed E-state index contributed by atoms with van der Waals surface area (Å²) in [6.07, 6.45) is 7.42. The number of rotatable bonds is 7. The Morgan fingerprint density at radius 2 is 1.73 bits per heavy atom. The molecule has 1 amide bonds. The van der Waals surface area contributed by atoms with Crippen molar-refractivity contribution in [1.82, 2.24) is 14.8 Å².